The number of aryl methyl sites for hydroxylation is 1. The molecular weight excluding hydrogens is 158 g/mol. The molecule has 0 aliphatic carbocycles. The first-order valence-corrected chi connectivity index (χ1v) is 4.86. The Kier molecular flexibility index (Phi) is 3.56. The molecule has 0 bridgehead atoms. The molecule has 0 saturated carbocycles. The fraction of sp³-hybridized carbons (Fsp3) is 0.333. The standard InChI is InChI=1S/C10H11N.C2H6/c1-8-3-2-4-9-7-11-6-5-10(8)9;1-2/h2-6,11H,7H2,1H3;1-2H3. The summed E-state index contributed by atoms with van der Waals surface area (Å²) in [5, 5.41) is 3.19. The van der Waals surface area contributed by atoms with Gasteiger partial charge in [0.25, 0.3) is 0 Å². The third kappa shape index (κ3) is 2.11. The van der Waals surface area contributed by atoms with Crippen molar-refractivity contribution in [3.8, 4) is 0 Å². The smallest absolute Gasteiger partial charge is 0.0401 e. The van der Waals surface area contributed by atoms with E-state index in [2.05, 4.69) is 36.5 Å². The maximum absolute atomic E-state index is 3.19. The van der Waals surface area contributed by atoms with Crippen molar-refractivity contribution in [3.63, 3.8) is 0 Å². The molecule has 1 heterocycles. The average Bonchev–Trinajstić information content (AvgIpc) is 2.22. The van der Waals surface area contributed by atoms with Crippen molar-refractivity contribution in [1.29, 1.82) is 0 Å². The second kappa shape index (κ2) is 4.70. The highest BCUT2D eigenvalue weighted by Gasteiger charge is 2.03. The molecule has 0 saturated heterocycles. The Hall–Kier alpha value is -1.24. The van der Waals surface area contributed by atoms with E-state index < -0.39 is 0 Å². The van der Waals surface area contributed by atoms with Gasteiger partial charge in [-0.15, -0.1) is 0 Å². The lowest BCUT2D eigenvalue weighted by atomic mass is 10.0. The van der Waals surface area contributed by atoms with E-state index in [-0.39, 0.29) is 0 Å². The Labute approximate surface area is 80.5 Å². The molecule has 1 aliphatic heterocycles. The van der Waals surface area contributed by atoms with Crippen LogP contribution in [0.3, 0.4) is 0 Å². The van der Waals surface area contributed by atoms with Crippen molar-refractivity contribution in [1.82, 2.24) is 5.32 Å². The van der Waals surface area contributed by atoms with E-state index in [9.17, 15) is 0 Å². The molecule has 1 aromatic rings. The lowest BCUT2D eigenvalue weighted by Crippen LogP contribution is -2.10. The molecule has 2 rings (SSSR count). The number of fused-ring (bicyclic) bond motifs is 1. The zero-order chi connectivity index (χ0) is 9.68. The summed E-state index contributed by atoms with van der Waals surface area (Å²) in [5.74, 6) is 0. The van der Waals surface area contributed by atoms with Gasteiger partial charge in [-0.3, -0.25) is 0 Å². The maximum Gasteiger partial charge on any atom is 0.0401 e. The SMILES string of the molecule is CC.Cc1cccc2c1C=CNC2. The van der Waals surface area contributed by atoms with Crippen molar-refractivity contribution < 1.29 is 0 Å². The highest BCUT2D eigenvalue weighted by atomic mass is 14.8. The third-order valence-electron chi connectivity index (χ3n) is 2.07. The Morgan fingerprint density at radius 1 is 1.23 bits per heavy atom. The summed E-state index contributed by atoms with van der Waals surface area (Å²) in [7, 11) is 0. The minimum atomic E-state index is 0.966. The van der Waals surface area contributed by atoms with Gasteiger partial charge in [0.05, 0.1) is 0 Å². The molecule has 0 radical (unpaired) electrons. The molecule has 0 unspecified atom stereocenters. The van der Waals surface area contributed by atoms with Crippen molar-refractivity contribution in [3.05, 3.63) is 41.1 Å². The number of hydrogen-bond donors (Lipinski definition) is 1. The Balaban J connectivity index is 0.000000396. The summed E-state index contributed by atoms with van der Waals surface area (Å²) in [5.41, 5.74) is 4.14. The molecule has 1 N–H and O–H groups in total. The van der Waals surface area contributed by atoms with Gasteiger partial charge in [-0.1, -0.05) is 32.0 Å². The van der Waals surface area contributed by atoms with E-state index in [0.717, 1.165) is 6.54 Å². The summed E-state index contributed by atoms with van der Waals surface area (Å²) in [4.78, 5) is 0. The lowest BCUT2D eigenvalue weighted by molar-refractivity contribution is 0.856. The highest BCUT2D eigenvalue weighted by molar-refractivity contribution is 5.59. The second-order valence-corrected chi connectivity index (χ2v) is 2.86. The van der Waals surface area contributed by atoms with E-state index in [1.807, 2.05) is 20.0 Å². The van der Waals surface area contributed by atoms with E-state index in [1.54, 1.807) is 0 Å². The summed E-state index contributed by atoms with van der Waals surface area (Å²) in [6, 6.07) is 6.42. The summed E-state index contributed by atoms with van der Waals surface area (Å²) in [6.45, 7) is 7.11. The second-order valence-electron chi connectivity index (χ2n) is 2.86. The van der Waals surface area contributed by atoms with Crippen LogP contribution in [0, 0.1) is 6.92 Å². The van der Waals surface area contributed by atoms with Crippen LogP contribution in [0.4, 0.5) is 0 Å². The van der Waals surface area contributed by atoms with Crippen molar-refractivity contribution in [2.75, 3.05) is 0 Å². The topological polar surface area (TPSA) is 12.0 Å². The predicted molar refractivity (Wildman–Crippen MR) is 58.4 cm³/mol. The van der Waals surface area contributed by atoms with E-state index in [1.165, 1.54) is 16.7 Å². The van der Waals surface area contributed by atoms with Gasteiger partial charge in [0, 0.05) is 6.54 Å². The fourth-order valence-corrected chi connectivity index (χ4v) is 1.45. The van der Waals surface area contributed by atoms with Crippen LogP contribution in [-0.4, -0.2) is 0 Å². The summed E-state index contributed by atoms with van der Waals surface area (Å²) in [6.07, 6.45) is 4.14. The van der Waals surface area contributed by atoms with Gasteiger partial charge in [-0.2, -0.15) is 0 Å². The van der Waals surface area contributed by atoms with Gasteiger partial charge in [-0.05, 0) is 35.9 Å². The van der Waals surface area contributed by atoms with Crippen molar-refractivity contribution in [2.45, 2.75) is 27.3 Å². The van der Waals surface area contributed by atoms with Crippen LogP contribution in [0.15, 0.2) is 24.4 Å². The first kappa shape index (κ1) is 9.85. The van der Waals surface area contributed by atoms with E-state index in [4.69, 9.17) is 0 Å². The number of rotatable bonds is 0. The molecule has 0 fully saturated rings. The number of nitrogens with one attached hydrogen (secondary N) is 1. The van der Waals surface area contributed by atoms with Gasteiger partial charge in [-0.25, -0.2) is 0 Å². The Morgan fingerprint density at radius 2 is 2.00 bits per heavy atom. The van der Waals surface area contributed by atoms with Crippen LogP contribution in [0.1, 0.15) is 30.5 Å². The third-order valence-corrected chi connectivity index (χ3v) is 2.07. The van der Waals surface area contributed by atoms with Gasteiger partial charge in [0.1, 0.15) is 0 Å². The Morgan fingerprint density at radius 3 is 2.69 bits per heavy atom. The van der Waals surface area contributed by atoms with Gasteiger partial charge < -0.3 is 5.32 Å². The van der Waals surface area contributed by atoms with Gasteiger partial charge >= 0.3 is 0 Å². The van der Waals surface area contributed by atoms with Crippen molar-refractivity contribution in [2.24, 2.45) is 0 Å². The molecule has 13 heavy (non-hydrogen) atoms. The average molecular weight is 175 g/mol. The largest absolute Gasteiger partial charge is 0.387 e. The van der Waals surface area contributed by atoms with Crippen LogP contribution < -0.4 is 5.32 Å². The van der Waals surface area contributed by atoms with Gasteiger partial charge in [0.15, 0.2) is 0 Å². The first-order chi connectivity index (χ1) is 6.38. The van der Waals surface area contributed by atoms with Crippen molar-refractivity contribution >= 4 is 6.08 Å². The summed E-state index contributed by atoms with van der Waals surface area (Å²) < 4.78 is 0. The molecule has 1 heteroatoms. The minimum absolute atomic E-state index is 0.966. The monoisotopic (exact) mass is 175 g/mol. The zero-order valence-electron chi connectivity index (χ0n) is 8.59. The van der Waals surface area contributed by atoms with Crippen LogP contribution in [0.5, 0.6) is 0 Å². The highest BCUT2D eigenvalue weighted by Crippen LogP contribution is 2.17. The van der Waals surface area contributed by atoms with E-state index in [0.29, 0.717) is 0 Å². The quantitative estimate of drug-likeness (QED) is 0.639. The van der Waals surface area contributed by atoms with Crippen LogP contribution in [0.2, 0.25) is 0 Å². The molecule has 1 aromatic carbocycles. The lowest BCUT2D eigenvalue weighted by Gasteiger charge is -2.13. The molecule has 0 atom stereocenters. The normalized spacial score (nSPS) is 12.2. The maximum atomic E-state index is 3.19. The number of benzene rings is 1. The predicted octanol–water partition coefficient (Wildman–Crippen LogP) is 3.10. The Bertz CT molecular complexity index is 300. The summed E-state index contributed by atoms with van der Waals surface area (Å²) >= 11 is 0. The molecule has 0 amide bonds. The first-order valence-electron chi connectivity index (χ1n) is 4.86. The molecule has 0 spiro atoms. The molecule has 0 aromatic heterocycles. The zero-order valence-corrected chi connectivity index (χ0v) is 8.59. The van der Waals surface area contributed by atoms with E-state index >= 15 is 0 Å². The minimum Gasteiger partial charge on any atom is -0.387 e. The van der Waals surface area contributed by atoms with Crippen LogP contribution in [0.25, 0.3) is 6.08 Å². The number of hydrogen-bond acceptors (Lipinski definition) is 1. The molecular formula is C12H17N. The molecule has 70 valence electrons. The molecule has 1 aliphatic rings. The van der Waals surface area contributed by atoms with Crippen LogP contribution >= 0.6 is 0 Å². The van der Waals surface area contributed by atoms with Gasteiger partial charge in [0.2, 0.25) is 0 Å². The van der Waals surface area contributed by atoms with Crippen LogP contribution in [-0.2, 0) is 6.54 Å². The molecule has 1 nitrogen and oxygen atoms in total. The fourth-order valence-electron chi connectivity index (χ4n) is 1.45.